The molecule has 20 heavy (non-hydrogen) atoms. The first-order chi connectivity index (χ1) is 9.58. The number of aromatic nitrogens is 1. The summed E-state index contributed by atoms with van der Waals surface area (Å²) in [6.45, 7) is 0.416. The second kappa shape index (κ2) is 6.58. The number of hydrogen-bond acceptors (Lipinski definition) is 3. The molecule has 0 saturated carbocycles. The second-order valence-electron chi connectivity index (χ2n) is 4.08. The Morgan fingerprint density at radius 2 is 2.00 bits per heavy atom. The number of thiocarbonyl (C=S) groups is 1. The maximum Gasteiger partial charge on any atom is 0.271 e. The van der Waals surface area contributed by atoms with E-state index in [-0.39, 0.29) is 5.91 Å². The average Bonchev–Trinajstić information content (AvgIpc) is 2.45. The summed E-state index contributed by atoms with van der Waals surface area (Å²) in [6, 6.07) is 11.0. The Bertz CT molecular complexity index is 643. The molecule has 0 aliphatic carbocycles. The van der Waals surface area contributed by atoms with E-state index in [2.05, 4.69) is 26.2 Å². The summed E-state index contributed by atoms with van der Waals surface area (Å²) < 4.78 is 0.668. The summed E-state index contributed by atoms with van der Waals surface area (Å²) in [5, 5.41) is 2.81. The standard InChI is InChI=1S/C14H12BrN3OS/c15-11-2-1-7-17-12(11)14(19)18-8-9-3-5-10(6-4-9)13(16)20/h1-7H,8H2,(H2,16,20)(H,18,19). The van der Waals surface area contributed by atoms with Crippen molar-refractivity contribution in [3.8, 4) is 0 Å². The third-order valence-electron chi connectivity index (χ3n) is 2.67. The lowest BCUT2D eigenvalue weighted by atomic mass is 10.1. The van der Waals surface area contributed by atoms with E-state index < -0.39 is 0 Å². The van der Waals surface area contributed by atoms with Crippen LogP contribution >= 0.6 is 28.1 Å². The molecule has 0 saturated heterocycles. The molecule has 102 valence electrons. The molecule has 0 bridgehead atoms. The van der Waals surface area contributed by atoms with E-state index in [1.807, 2.05) is 24.3 Å². The highest BCUT2D eigenvalue weighted by Gasteiger charge is 2.10. The van der Waals surface area contributed by atoms with Crippen LogP contribution in [0.15, 0.2) is 47.1 Å². The number of carbonyl (C=O) groups excluding carboxylic acids is 1. The first-order valence-electron chi connectivity index (χ1n) is 5.85. The van der Waals surface area contributed by atoms with Crippen molar-refractivity contribution in [2.75, 3.05) is 0 Å². The van der Waals surface area contributed by atoms with E-state index in [9.17, 15) is 4.79 Å². The van der Waals surface area contributed by atoms with Gasteiger partial charge >= 0.3 is 0 Å². The van der Waals surface area contributed by atoms with E-state index in [1.165, 1.54) is 0 Å². The molecule has 4 nitrogen and oxygen atoms in total. The van der Waals surface area contributed by atoms with Gasteiger partial charge in [-0.1, -0.05) is 36.5 Å². The van der Waals surface area contributed by atoms with Crippen molar-refractivity contribution >= 4 is 39.0 Å². The van der Waals surface area contributed by atoms with Gasteiger partial charge in [-0.2, -0.15) is 0 Å². The molecule has 0 aliphatic heterocycles. The molecule has 0 aliphatic rings. The molecular weight excluding hydrogens is 338 g/mol. The summed E-state index contributed by atoms with van der Waals surface area (Å²) in [4.78, 5) is 16.4. The molecule has 0 fully saturated rings. The van der Waals surface area contributed by atoms with Crippen LogP contribution in [0.4, 0.5) is 0 Å². The van der Waals surface area contributed by atoms with E-state index in [0.29, 0.717) is 21.7 Å². The molecular formula is C14H12BrN3OS. The predicted octanol–water partition coefficient (Wildman–Crippen LogP) is 2.41. The van der Waals surface area contributed by atoms with Gasteiger partial charge in [-0.15, -0.1) is 0 Å². The Hall–Kier alpha value is -1.79. The normalized spacial score (nSPS) is 10.1. The topological polar surface area (TPSA) is 68.0 Å². The van der Waals surface area contributed by atoms with Crippen LogP contribution in [-0.4, -0.2) is 15.9 Å². The largest absolute Gasteiger partial charge is 0.389 e. The third kappa shape index (κ3) is 3.61. The molecule has 1 heterocycles. The molecule has 3 N–H and O–H groups in total. The summed E-state index contributed by atoms with van der Waals surface area (Å²) >= 11 is 8.18. The number of pyridine rings is 1. The predicted molar refractivity (Wildman–Crippen MR) is 85.4 cm³/mol. The molecule has 0 spiro atoms. The summed E-state index contributed by atoms with van der Waals surface area (Å²) in [7, 11) is 0. The Labute approximate surface area is 130 Å². The minimum atomic E-state index is -0.226. The van der Waals surface area contributed by atoms with Gasteiger partial charge in [0, 0.05) is 22.8 Å². The van der Waals surface area contributed by atoms with Crippen molar-refractivity contribution in [1.29, 1.82) is 0 Å². The molecule has 2 rings (SSSR count). The molecule has 1 amide bonds. The van der Waals surface area contributed by atoms with E-state index in [0.717, 1.165) is 11.1 Å². The maximum absolute atomic E-state index is 12.0. The van der Waals surface area contributed by atoms with Crippen LogP contribution in [0.5, 0.6) is 0 Å². The van der Waals surface area contributed by atoms with Gasteiger partial charge in [0.1, 0.15) is 10.7 Å². The zero-order chi connectivity index (χ0) is 14.5. The Kier molecular flexibility index (Phi) is 4.81. The van der Waals surface area contributed by atoms with Gasteiger partial charge in [0.25, 0.3) is 5.91 Å². The van der Waals surface area contributed by atoms with Crippen LogP contribution in [0.25, 0.3) is 0 Å². The first kappa shape index (κ1) is 14.6. The van der Waals surface area contributed by atoms with E-state index in [1.54, 1.807) is 18.3 Å². The Morgan fingerprint density at radius 1 is 1.30 bits per heavy atom. The van der Waals surface area contributed by atoms with E-state index >= 15 is 0 Å². The number of hydrogen-bond donors (Lipinski definition) is 2. The van der Waals surface area contributed by atoms with Gasteiger partial charge < -0.3 is 11.1 Å². The lowest BCUT2D eigenvalue weighted by molar-refractivity contribution is 0.0945. The zero-order valence-electron chi connectivity index (χ0n) is 10.5. The van der Waals surface area contributed by atoms with Crippen LogP contribution in [0.1, 0.15) is 21.6 Å². The van der Waals surface area contributed by atoms with E-state index in [4.69, 9.17) is 18.0 Å². The average molecular weight is 350 g/mol. The fourth-order valence-electron chi connectivity index (χ4n) is 1.61. The van der Waals surface area contributed by atoms with Gasteiger partial charge in [0.05, 0.1) is 0 Å². The monoisotopic (exact) mass is 349 g/mol. The number of carbonyl (C=O) groups is 1. The lowest BCUT2D eigenvalue weighted by Crippen LogP contribution is -2.24. The van der Waals surface area contributed by atoms with Crippen molar-refractivity contribution in [3.05, 3.63) is 63.9 Å². The van der Waals surface area contributed by atoms with Crippen LogP contribution in [0, 0.1) is 0 Å². The summed E-state index contributed by atoms with van der Waals surface area (Å²) in [5.74, 6) is -0.226. The molecule has 1 aromatic carbocycles. The fraction of sp³-hybridized carbons (Fsp3) is 0.0714. The minimum Gasteiger partial charge on any atom is -0.389 e. The van der Waals surface area contributed by atoms with Crippen molar-refractivity contribution in [2.45, 2.75) is 6.54 Å². The molecule has 0 unspecified atom stereocenters. The molecule has 6 heteroatoms. The van der Waals surface area contributed by atoms with Crippen LogP contribution in [0.2, 0.25) is 0 Å². The van der Waals surface area contributed by atoms with Gasteiger partial charge in [-0.25, -0.2) is 4.98 Å². The SMILES string of the molecule is NC(=S)c1ccc(CNC(=O)c2ncccc2Br)cc1. The number of nitrogens with one attached hydrogen (secondary N) is 1. The second-order valence-corrected chi connectivity index (χ2v) is 5.37. The maximum atomic E-state index is 12.0. The van der Waals surface area contributed by atoms with Crippen molar-refractivity contribution in [1.82, 2.24) is 10.3 Å². The quantitative estimate of drug-likeness (QED) is 0.831. The van der Waals surface area contributed by atoms with Gasteiger partial charge in [-0.05, 0) is 33.6 Å². The number of nitrogens with zero attached hydrogens (tertiary/aromatic N) is 1. The Balaban J connectivity index is 2.00. The number of halogens is 1. The number of amides is 1. The summed E-state index contributed by atoms with van der Waals surface area (Å²) in [5.41, 5.74) is 7.67. The first-order valence-corrected chi connectivity index (χ1v) is 7.05. The zero-order valence-corrected chi connectivity index (χ0v) is 12.9. The lowest BCUT2D eigenvalue weighted by Gasteiger charge is -2.07. The summed E-state index contributed by atoms with van der Waals surface area (Å²) in [6.07, 6.45) is 1.58. The molecule has 0 atom stereocenters. The minimum absolute atomic E-state index is 0.226. The Morgan fingerprint density at radius 3 is 2.60 bits per heavy atom. The van der Waals surface area contributed by atoms with Crippen molar-refractivity contribution in [3.63, 3.8) is 0 Å². The van der Waals surface area contributed by atoms with Crippen LogP contribution in [-0.2, 0) is 6.54 Å². The van der Waals surface area contributed by atoms with Crippen molar-refractivity contribution in [2.24, 2.45) is 5.73 Å². The number of nitrogens with two attached hydrogens (primary N) is 1. The molecule has 2 aromatic rings. The van der Waals surface area contributed by atoms with Crippen molar-refractivity contribution < 1.29 is 4.79 Å². The smallest absolute Gasteiger partial charge is 0.271 e. The number of rotatable bonds is 4. The highest BCUT2D eigenvalue weighted by atomic mass is 79.9. The number of benzene rings is 1. The van der Waals surface area contributed by atoms with Crippen LogP contribution < -0.4 is 11.1 Å². The van der Waals surface area contributed by atoms with Gasteiger partial charge in [-0.3, -0.25) is 4.79 Å². The molecule has 1 aromatic heterocycles. The van der Waals surface area contributed by atoms with Crippen LogP contribution in [0.3, 0.4) is 0 Å². The van der Waals surface area contributed by atoms with Gasteiger partial charge in [0.2, 0.25) is 0 Å². The van der Waals surface area contributed by atoms with Gasteiger partial charge in [0.15, 0.2) is 0 Å². The third-order valence-corrected chi connectivity index (χ3v) is 3.54. The fourth-order valence-corrected chi connectivity index (χ4v) is 2.18. The highest BCUT2D eigenvalue weighted by Crippen LogP contribution is 2.13. The molecule has 0 radical (unpaired) electrons. The highest BCUT2D eigenvalue weighted by molar-refractivity contribution is 9.10.